The lowest BCUT2D eigenvalue weighted by Gasteiger charge is -2.36. The van der Waals surface area contributed by atoms with Crippen LogP contribution < -0.4 is 5.73 Å². The summed E-state index contributed by atoms with van der Waals surface area (Å²) in [7, 11) is 1.72. The Morgan fingerprint density at radius 2 is 2.00 bits per heavy atom. The summed E-state index contributed by atoms with van der Waals surface area (Å²) >= 11 is 0. The molecule has 1 atom stereocenters. The van der Waals surface area contributed by atoms with Gasteiger partial charge in [-0.05, 0) is 5.56 Å². The number of aliphatic hydroxyl groups is 1. The van der Waals surface area contributed by atoms with Crippen LogP contribution in [0.25, 0.3) is 0 Å². The highest BCUT2D eigenvalue weighted by Gasteiger charge is 2.34. The van der Waals surface area contributed by atoms with Crippen LogP contribution in [0.15, 0.2) is 30.3 Å². The zero-order valence-electron chi connectivity index (χ0n) is 12.5. The summed E-state index contributed by atoms with van der Waals surface area (Å²) in [5, 5.41) is 10.5. The lowest BCUT2D eigenvalue weighted by Crippen LogP contribution is -2.48. The Kier molecular flexibility index (Phi) is 5.33. The molecule has 116 valence electrons. The molecule has 0 spiro atoms. The van der Waals surface area contributed by atoms with Crippen LogP contribution in [0, 0.1) is 0 Å². The average molecular weight is 292 g/mol. The van der Waals surface area contributed by atoms with Crippen LogP contribution in [0.4, 0.5) is 0 Å². The molecule has 1 aromatic rings. The van der Waals surface area contributed by atoms with Gasteiger partial charge in [0.25, 0.3) is 0 Å². The Balaban J connectivity index is 2.03. The van der Waals surface area contributed by atoms with Crippen LogP contribution in [0.1, 0.15) is 24.3 Å². The fourth-order valence-corrected chi connectivity index (χ4v) is 2.76. The molecule has 2 rings (SSSR count). The van der Waals surface area contributed by atoms with Crippen LogP contribution in [0.2, 0.25) is 0 Å². The van der Waals surface area contributed by atoms with Gasteiger partial charge in [-0.1, -0.05) is 30.3 Å². The molecule has 1 fully saturated rings. The average Bonchev–Trinajstić information content (AvgIpc) is 2.49. The van der Waals surface area contributed by atoms with E-state index in [0.717, 1.165) is 5.56 Å². The van der Waals surface area contributed by atoms with Crippen LogP contribution in [-0.2, 0) is 9.53 Å². The third-order valence-corrected chi connectivity index (χ3v) is 4.07. The van der Waals surface area contributed by atoms with Gasteiger partial charge in [0.1, 0.15) is 0 Å². The number of hydrogen-bond donors (Lipinski definition) is 2. The second-order valence-electron chi connectivity index (χ2n) is 5.73. The van der Waals surface area contributed by atoms with Crippen molar-refractivity contribution in [2.24, 2.45) is 5.73 Å². The summed E-state index contributed by atoms with van der Waals surface area (Å²) in [4.78, 5) is 14.2. The molecule has 0 aromatic heterocycles. The number of carbonyl (C=O) groups excluding carboxylic acids is 1. The molecule has 1 aromatic carbocycles. The molecule has 21 heavy (non-hydrogen) atoms. The number of nitrogens with zero attached hydrogens (tertiary/aromatic N) is 1. The first kappa shape index (κ1) is 15.9. The Morgan fingerprint density at radius 1 is 1.38 bits per heavy atom. The maximum absolute atomic E-state index is 12.6. The van der Waals surface area contributed by atoms with Crippen molar-refractivity contribution >= 4 is 5.91 Å². The Hall–Kier alpha value is -1.43. The van der Waals surface area contributed by atoms with Crippen LogP contribution in [0.5, 0.6) is 0 Å². The molecule has 1 unspecified atom stereocenters. The Bertz CT molecular complexity index is 458. The summed E-state index contributed by atoms with van der Waals surface area (Å²) in [5.74, 6) is -0.414. The van der Waals surface area contributed by atoms with Crippen molar-refractivity contribution in [3.8, 4) is 0 Å². The van der Waals surface area contributed by atoms with Crippen molar-refractivity contribution < 1.29 is 14.6 Å². The smallest absolute Gasteiger partial charge is 0.231 e. The van der Waals surface area contributed by atoms with Gasteiger partial charge in [0, 0.05) is 46.2 Å². The topological polar surface area (TPSA) is 75.8 Å². The number of likely N-dealkylation sites (N-methyl/N-ethyl adjacent to an activating group) is 1. The van der Waals surface area contributed by atoms with Gasteiger partial charge in [0.15, 0.2) is 0 Å². The lowest BCUT2D eigenvalue weighted by atomic mass is 9.92. The monoisotopic (exact) mass is 292 g/mol. The number of ether oxygens (including phenoxy) is 1. The van der Waals surface area contributed by atoms with E-state index in [1.54, 1.807) is 11.9 Å². The van der Waals surface area contributed by atoms with E-state index in [1.807, 2.05) is 30.3 Å². The molecule has 1 heterocycles. The molecule has 0 radical (unpaired) electrons. The van der Waals surface area contributed by atoms with E-state index < -0.39 is 5.60 Å². The first-order valence-corrected chi connectivity index (χ1v) is 7.36. The highest BCUT2D eigenvalue weighted by molar-refractivity contribution is 5.83. The number of carbonyl (C=O) groups is 1. The molecule has 0 aliphatic carbocycles. The molecule has 5 nitrogen and oxygen atoms in total. The quantitative estimate of drug-likeness (QED) is 0.839. The molecule has 1 aliphatic rings. The third kappa shape index (κ3) is 4.03. The second-order valence-corrected chi connectivity index (χ2v) is 5.73. The van der Waals surface area contributed by atoms with Gasteiger partial charge in [0.05, 0.1) is 11.5 Å². The minimum absolute atomic E-state index is 0.0522. The molecule has 5 heteroatoms. The summed E-state index contributed by atoms with van der Waals surface area (Å²) < 4.78 is 5.26. The molecular formula is C16H24N2O3. The Morgan fingerprint density at radius 3 is 2.57 bits per heavy atom. The lowest BCUT2D eigenvalue weighted by molar-refractivity contribution is -0.138. The highest BCUT2D eigenvalue weighted by Crippen LogP contribution is 2.23. The molecule has 3 N–H and O–H groups in total. The van der Waals surface area contributed by atoms with Crippen molar-refractivity contribution in [3.63, 3.8) is 0 Å². The van der Waals surface area contributed by atoms with Crippen molar-refractivity contribution in [1.29, 1.82) is 0 Å². The first-order chi connectivity index (χ1) is 10.1. The van der Waals surface area contributed by atoms with E-state index in [9.17, 15) is 9.90 Å². The SMILES string of the molecule is CN(CC1(O)CCOCC1)C(=O)C(CN)c1ccccc1. The summed E-state index contributed by atoms with van der Waals surface area (Å²) in [6.07, 6.45) is 1.12. The van der Waals surface area contributed by atoms with Crippen molar-refractivity contribution in [2.75, 3.05) is 33.4 Å². The maximum atomic E-state index is 12.6. The predicted molar refractivity (Wildman–Crippen MR) is 80.9 cm³/mol. The number of benzene rings is 1. The van der Waals surface area contributed by atoms with E-state index in [4.69, 9.17) is 10.5 Å². The summed E-state index contributed by atoms with van der Waals surface area (Å²) in [5.41, 5.74) is 5.84. The van der Waals surface area contributed by atoms with Crippen molar-refractivity contribution in [3.05, 3.63) is 35.9 Å². The van der Waals surface area contributed by atoms with E-state index in [0.29, 0.717) is 32.6 Å². The number of rotatable bonds is 5. The predicted octanol–water partition coefficient (Wildman–Crippen LogP) is 0.729. The minimum Gasteiger partial charge on any atom is -0.388 e. The minimum atomic E-state index is -0.849. The van der Waals surface area contributed by atoms with Gasteiger partial charge in [-0.3, -0.25) is 4.79 Å². The van der Waals surface area contributed by atoms with Gasteiger partial charge in [0.2, 0.25) is 5.91 Å². The van der Waals surface area contributed by atoms with E-state index in [1.165, 1.54) is 0 Å². The summed E-state index contributed by atoms with van der Waals surface area (Å²) in [6, 6.07) is 9.53. The standard InChI is InChI=1S/C16H24N2O3/c1-18(12-16(20)7-9-21-10-8-16)15(19)14(11-17)13-5-3-2-4-6-13/h2-6,14,20H,7-12,17H2,1H3. The van der Waals surface area contributed by atoms with E-state index >= 15 is 0 Å². The fraction of sp³-hybridized carbons (Fsp3) is 0.562. The van der Waals surface area contributed by atoms with Gasteiger partial charge < -0.3 is 20.5 Å². The Labute approximate surface area is 125 Å². The molecule has 1 aliphatic heterocycles. The van der Waals surface area contributed by atoms with Gasteiger partial charge in [-0.15, -0.1) is 0 Å². The second kappa shape index (κ2) is 7.02. The van der Waals surface area contributed by atoms with E-state index in [-0.39, 0.29) is 18.4 Å². The zero-order chi connectivity index (χ0) is 15.3. The maximum Gasteiger partial charge on any atom is 0.231 e. The number of hydrogen-bond acceptors (Lipinski definition) is 4. The molecule has 0 bridgehead atoms. The summed E-state index contributed by atoms with van der Waals surface area (Å²) in [6.45, 7) is 1.66. The van der Waals surface area contributed by atoms with Gasteiger partial charge >= 0.3 is 0 Å². The molecular weight excluding hydrogens is 268 g/mol. The zero-order valence-corrected chi connectivity index (χ0v) is 12.5. The normalized spacial score (nSPS) is 19.0. The molecule has 1 amide bonds. The van der Waals surface area contributed by atoms with Crippen LogP contribution in [0.3, 0.4) is 0 Å². The first-order valence-electron chi connectivity index (χ1n) is 7.36. The van der Waals surface area contributed by atoms with Crippen LogP contribution >= 0.6 is 0 Å². The fourth-order valence-electron chi connectivity index (χ4n) is 2.76. The molecule has 1 saturated heterocycles. The highest BCUT2D eigenvalue weighted by atomic mass is 16.5. The van der Waals surface area contributed by atoms with Crippen molar-refractivity contribution in [2.45, 2.75) is 24.4 Å². The van der Waals surface area contributed by atoms with E-state index in [2.05, 4.69) is 0 Å². The number of nitrogens with two attached hydrogens (primary N) is 1. The largest absolute Gasteiger partial charge is 0.388 e. The van der Waals surface area contributed by atoms with Crippen LogP contribution in [-0.4, -0.2) is 54.9 Å². The van der Waals surface area contributed by atoms with Gasteiger partial charge in [-0.25, -0.2) is 0 Å². The number of amides is 1. The third-order valence-electron chi connectivity index (χ3n) is 4.07. The van der Waals surface area contributed by atoms with Gasteiger partial charge in [-0.2, -0.15) is 0 Å². The molecule has 0 saturated carbocycles. The van der Waals surface area contributed by atoms with Crippen molar-refractivity contribution in [1.82, 2.24) is 4.90 Å².